The average Bonchev–Trinajstić information content (AvgIpc) is 2.67. The smallest absolute Gasteiger partial charge is 0.333 e. The van der Waals surface area contributed by atoms with Gasteiger partial charge in [-0.15, -0.1) is 0 Å². The van der Waals surface area contributed by atoms with Crippen LogP contribution >= 0.6 is 0 Å². The molecule has 0 aliphatic heterocycles. The molecule has 0 aliphatic rings. The Kier molecular flexibility index (Phi) is 7.22. The molecular formula is C20H20N4O2. The number of carbonyl (C=O) groups is 1. The molecule has 1 N–H and O–H groups in total. The number of nitriles is 1. The van der Waals surface area contributed by atoms with Crippen molar-refractivity contribution in [2.24, 2.45) is 10.2 Å². The fraction of sp³-hybridized carbons (Fsp3) is 0.200. The number of hydrogen-bond donors (Lipinski definition) is 1. The van der Waals surface area contributed by atoms with Crippen LogP contribution in [0.5, 0.6) is 0 Å². The van der Waals surface area contributed by atoms with Gasteiger partial charge in [0.25, 0.3) is 0 Å². The fourth-order valence-corrected chi connectivity index (χ4v) is 1.97. The van der Waals surface area contributed by atoms with Crippen LogP contribution in [0.4, 0.5) is 11.4 Å². The fourth-order valence-electron chi connectivity index (χ4n) is 1.97. The van der Waals surface area contributed by atoms with E-state index in [1.807, 2.05) is 24.3 Å². The van der Waals surface area contributed by atoms with E-state index >= 15 is 0 Å². The molecule has 2 aromatic carbocycles. The first-order valence-electron chi connectivity index (χ1n) is 8.12. The molecule has 0 heterocycles. The maximum absolute atomic E-state index is 11.2. The molecule has 6 nitrogen and oxygen atoms in total. The maximum atomic E-state index is 11.2. The number of ether oxygens (including phenoxy) is 1. The molecule has 0 atom stereocenters. The Morgan fingerprint density at radius 2 is 1.69 bits per heavy atom. The van der Waals surface area contributed by atoms with Gasteiger partial charge < -0.3 is 10.1 Å². The molecule has 0 saturated carbocycles. The lowest BCUT2D eigenvalue weighted by Gasteiger charge is -2.06. The summed E-state index contributed by atoms with van der Waals surface area (Å²) in [7, 11) is 0. The highest BCUT2D eigenvalue weighted by atomic mass is 16.5. The van der Waals surface area contributed by atoms with Crippen molar-refractivity contribution in [3.8, 4) is 6.07 Å². The van der Waals surface area contributed by atoms with Gasteiger partial charge in [0.2, 0.25) is 0 Å². The van der Waals surface area contributed by atoms with E-state index in [9.17, 15) is 4.79 Å². The lowest BCUT2D eigenvalue weighted by atomic mass is 10.2. The summed E-state index contributed by atoms with van der Waals surface area (Å²) in [6.45, 7) is 6.69. The maximum Gasteiger partial charge on any atom is 0.333 e. The number of carbonyl (C=O) groups excluding carboxylic acids is 1. The van der Waals surface area contributed by atoms with Crippen molar-refractivity contribution in [1.82, 2.24) is 5.32 Å². The second kappa shape index (κ2) is 9.87. The second-order valence-corrected chi connectivity index (χ2v) is 5.62. The van der Waals surface area contributed by atoms with Gasteiger partial charge in [0.05, 0.1) is 23.0 Å². The molecule has 0 fully saturated rings. The summed E-state index contributed by atoms with van der Waals surface area (Å²) in [4.78, 5) is 11.2. The molecule has 0 radical (unpaired) electrons. The van der Waals surface area contributed by atoms with Crippen LogP contribution in [0, 0.1) is 11.3 Å². The number of azo groups is 1. The van der Waals surface area contributed by atoms with Crippen LogP contribution in [0.25, 0.3) is 0 Å². The highest BCUT2D eigenvalue weighted by Crippen LogP contribution is 2.19. The molecule has 0 unspecified atom stereocenters. The Bertz CT molecular complexity index is 818. The number of rotatable bonds is 8. The molecule has 2 aromatic rings. The van der Waals surface area contributed by atoms with Gasteiger partial charge in [-0.25, -0.2) is 4.79 Å². The third kappa shape index (κ3) is 6.30. The van der Waals surface area contributed by atoms with E-state index in [-0.39, 0.29) is 5.97 Å². The SMILES string of the molecule is C=C(C)C(=O)OCCNCc1ccc(N=Nc2ccc(C#N)cc2)cc1. The number of benzene rings is 2. The van der Waals surface area contributed by atoms with Crippen LogP contribution < -0.4 is 5.32 Å². The van der Waals surface area contributed by atoms with Gasteiger partial charge in [-0.2, -0.15) is 15.5 Å². The third-order valence-electron chi connectivity index (χ3n) is 3.40. The van der Waals surface area contributed by atoms with Crippen molar-refractivity contribution in [2.45, 2.75) is 13.5 Å². The van der Waals surface area contributed by atoms with Gasteiger partial charge in [0, 0.05) is 18.7 Å². The van der Waals surface area contributed by atoms with Gasteiger partial charge in [-0.1, -0.05) is 18.7 Å². The normalized spacial score (nSPS) is 10.5. The Labute approximate surface area is 152 Å². The predicted molar refractivity (Wildman–Crippen MR) is 99.3 cm³/mol. The van der Waals surface area contributed by atoms with E-state index in [1.54, 1.807) is 31.2 Å². The Morgan fingerprint density at radius 1 is 1.12 bits per heavy atom. The van der Waals surface area contributed by atoms with Gasteiger partial charge in [-0.05, 0) is 48.9 Å². The molecule has 26 heavy (non-hydrogen) atoms. The molecule has 0 aromatic heterocycles. The zero-order valence-corrected chi connectivity index (χ0v) is 14.6. The minimum atomic E-state index is -0.372. The minimum Gasteiger partial charge on any atom is -0.461 e. The predicted octanol–water partition coefficient (Wildman–Crippen LogP) is 4.18. The first-order valence-corrected chi connectivity index (χ1v) is 8.12. The number of hydrogen-bond acceptors (Lipinski definition) is 6. The van der Waals surface area contributed by atoms with Crippen LogP contribution in [0.2, 0.25) is 0 Å². The van der Waals surface area contributed by atoms with E-state index < -0.39 is 0 Å². The largest absolute Gasteiger partial charge is 0.461 e. The average molecular weight is 348 g/mol. The summed E-state index contributed by atoms with van der Waals surface area (Å²) in [5, 5.41) is 20.3. The summed E-state index contributed by atoms with van der Waals surface area (Å²) in [5.41, 5.74) is 3.52. The van der Waals surface area contributed by atoms with Crippen molar-refractivity contribution in [1.29, 1.82) is 5.26 Å². The molecule has 0 bridgehead atoms. The van der Waals surface area contributed by atoms with E-state index in [0.29, 0.717) is 36.5 Å². The molecular weight excluding hydrogens is 328 g/mol. The highest BCUT2D eigenvalue weighted by molar-refractivity contribution is 5.86. The summed E-state index contributed by atoms with van der Waals surface area (Å²) in [5.74, 6) is -0.372. The first kappa shape index (κ1) is 19.0. The topological polar surface area (TPSA) is 86.8 Å². The molecule has 0 saturated heterocycles. The molecule has 0 spiro atoms. The Hall–Kier alpha value is -3.30. The quantitative estimate of drug-likeness (QED) is 0.335. The summed E-state index contributed by atoms with van der Waals surface area (Å²) < 4.78 is 5.00. The van der Waals surface area contributed by atoms with Crippen LogP contribution in [0.1, 0.15) is 18.1 Å². The van der Waals surface area contributed by atoms with E-state index in [4.69, 9.17) is 10.00 Å². The van der Waals surface area contributed by atoms with Gasteiger partial charge in [-0.3, -0.25) is 0 Å². The first-order chi connectivity index (χ1) is 12.6. The number of esters is 1. The van der Waals surface area contributed by atoms with Crippen LogP contribution in [0.3, 0.4) is 0 Å². The lowest BCUT2D eigenvalue weighted by molar-refractivity contribution is -0.138. The molecule has 132 valence electrons. The number of nitrogens with one attached hydrogen (secondary N) is 1. The van der Waals surface area contributed by atoms with Crippen LogP contribution in [-0.2, 0) is 16.1 Å². The van der Waals surface area contributed by atoms with Crippen molar-refractivity contribution in [2.75, 3.05) is 13.2 Å². The van der Waals surface area contributed by atoms with Crippen molar-refractivity contribution >= 4 is 17.3 Å². The van der Waals surface area contributed by atoms with Gasteiger partial charge >= 0.3 is 5.97 Å². The highest BCUT2D eigenvalue weighted by Gasteiger charge is 2.01. The zero-order valence-electron chi connectivity index (χ0n) is 14.6. The molecule has 0 aliphatic carbocycles. The molecule has 6 heteroatoms. The van der Waals surface area contributed by atoms with E-state index in [1.165, 1.54) is 0 Å². The molecule has 0 amide bonds. The standard InChI is InChI=1S/C20H20N4O2/c1-15(2)20(25)26-12-11-22-14-17-5-9-19(10-6-17)24-23-18-7-3-16(13-21)4-8-18/h3-10,22H,1,11-12,14H2,2H3. The Morgan fingerprint density at radius 3 is 2.23 bits per heavy atom. The summed E-state index contributed by atoms with van der Waals surface area (Å²) >= 11 is 0. The van der Waals surface area contributed by atoms with Crippen molar-refractivity contribution in [3.63, 3.8) is 0 Å². The van der Waals surface area contributed by atoms with Crippen LogP contribution in [-0.4, -0.2) is 19.1 Å². The number of nitrogens with zero attached hydrogens (tertiary/aromatic N) is 3. The van der Waals surface area contributed by atoms with Crippen molar-refractivity contribution in [3.05, 3.63) is 71.8 Å². The van der Waals surface area contributed by atoms with E-state index in [2.05, 4.69) is 28.2 Å². The van der Waals surface area contributed by atoms with E-state index in [0.717, 1.165) is 11.3 Å². The summed E-state index contributed by atoms with van der Waals surface area (Å²) in [6.07, 6.45) is 0. The van der Waals surface area contributed by atoms with Crippen molar-refractivity contribution < 1.29 is 9.53 Å². The third-order valence-corrected chi connectivity index (χ3v) is 3.40. The Balaban J connectivity index is 1.77. The van der Waals surface area contributed by atoms with Gasteiger partial charge in [0.1, 0.15) is 6.61 Å². The monoisotopic (exact) mass is 348 g/mol. The van der Waals surface area contributed by atoms with Crippen LogP contribution in [0.15, 0.2) is 70.9 Å². The minimum absolute atomic E-state index is 0.308. The molecule has 2 rings (SSSR count). The zero-order chi connectivity index (χ0) is 18.8. The summed E-state index contributed by atoms with van der Waals surface area (Å²) in [6, 6.07) is 16.7. The van der Waals surface area contributed by atoms with Gasteiger partial charge in [0.15, 0.2) is 0 Å². The second-order valence-electron chi connectivity index (χ2n) is 5.62. The lowest BCUT2D eigenvalue weighted by Crippen LogP contribution is -2.21.